The smallest absolute Gasteiger partial charge is 0.378 e. The molecule has 0 saturated carbocycles. The van der Waals surface area contributed by atoms with Crippen LogP contribution in [0.15, 0.2) is 40.8 Å². The molecule has 1 saturated heterocycles. The number of aliphatic hydroxyl groups is 1. The Kier molecular flexibility index (Phi) is 6.40. The SMILES string of the molecule is COC(=O)C(=O)/C=C(\O)c1oc(C2CCS(=O)(=O)CC2)cc1Cc1ccc(F)cc1. The molecular formula is C21H21FO7S. The van der Waals surface area contributed by atoms with Crippen molar-refractivity contribution in [3.63, 3.8) is 0 Å². The number of rotatable bonds is 6. The van der Waals surface area contributed by atoms with Crippen LogP contribution in [-0.4, -0.2) is 43.9 Å². The van der Waals surface area contributed by atoms with Crippen molar-refractivity contribution >= 4 is 27.3 Å². The third-order valence-electron chi connectivity index (χ3n) is 4.98. The largest absolute Gasteiger partial charge is 0.504 e. The normalized spacial score (nSPS) is 16.9. The fraction of sp³-hybridized carbons (Fsp3) is 0.333. The van der Waals surface area contributed by atoms with Gasteiger partial charge in [0, 0.05) is 24.0 Å². The van der Waals surface area contributed by atoms with Crippen LogP contribution in [0.2, 0.25) is 0 Å². The lowest BCUT2D eigenvalue weighted by Crippen LogP contribution is -2.21. The minimum atomic E-state index is -3.06. The number of carbonyl (C=O) groups excluding carboxylic acids is 2. The Hall–Kier alpha value is -2.94. The van der Waals surface area contributed by atoms with Crippen LogP contribution in [0.25, 0.3) is 5.76 Å². The van der Waals surface area contributed by atoms with E-state index in [9.17, 15) is 27.5 Å². The van der Waals surface area contributed by atoms with E-state index < -0.39 is 27.3 Å². The highest BCUT2D eigenvalue weighted by Gasteiger charge is 2.29. The van der Waals surface area contributed by atoms with Crippen molar-refractivity contribution in [2.45, 2.75) is 25.2 Å². The summed E-state index contributed by atoms with van der Waals surface area (Å²) in [4.78, 5) is 23.1. The average molecular weight is 436 g/mol. The van der Waals surface area contributed by atoms with Crippen molar-refractivity contribution in [3.05, 3.63) is 64.9 Å². The minimum absolute atomic E-state index is 0.00000803. The highest BCUT2D eigenvalue weighted by Crippen LogP contribution is 2.34. The van der Waals surface area contributed by atoms with Crippen LogP contribution in [0.5, 0.6) is 0 Å². The molecule has 0 unspecified atom stereocenters. The van der Waals surface area contributed by atoms with Gasteiger partial charge in [-0.3, -0.25) is 4.79 Å². The van der Waals surface area contributed by atoms with Crippen molar-refractivity contribution in [1.82, 2.24) is 0 Å². The molecule has 0 radical (unpaired) electrons. The van der Waals surface area contributed by atoms with Gasteiger partial charge in [-0.1, -0.05) is 12.1 Å². The van der Waals surface area contributed by atoms with Gasteiger partial charge in [0.2, 0.25) is 0 Å². The predicted molar refractivity (Wildman–Crippen MR) is 106 cm³/mol. The molecular weight excluding hydrogens is 415 g/mol. The third-order valence-corrected chi connectivity index (χ3v) is 6.70. The number of methoxy groups -OCH3 is 1. The second-order valence-corrected chi connectivity index (χ2v) is 9.42. The van der Waals surface area contributed by atoms with E-state index in [4.69, 9.17) is 4.42 Å². The van der Waals surface area contributed by atoms with Crippen molar-refractivity contribution in [3.8, 4) is 0 Å². The van der Waals surface area contributed by atoms with Gasteiger partial charge in [-0.05, 0) is 36.6 Å². The molecule has 1 aromatic carbocycles. The minimum Gasteiger partial charge on any atom is -0.504 e. The van der Waals surface area contributed by atoms with Crippen LogP contribution < -0.4 is 0 Å². The molecule has 1 N–H and O–H groups in total. The third kappa shape index (κ3) is 5.15. The molecule has 0 bridgehead atoms. The first-order valence-corrected chi connectivity index (χ1v) is 11.1. The number of sulfone groups is 1. The Morgan fingerprint density at radius 2 is 1.87 bits per heavy atom. The molecule has 2 aromatic rings. The van der Waals surface area contributed by atoms with E-state index in [-0.39, 0.29) is 35.4 Å². The zero-order chi connectivity index (χ0) is 21.9. The number of hydrogen-bond acceptors (Lipinski definition) is 7. The van der Waals surface area contributed by atoms with Crippen LogP contribution in [0.4, 0.5) is 4.39 Å². The maximum Gasteiger partial charge on any atom is 0.378 e. The summed E-state index contributed by atoms with van der Waals surface area (Å²) in [7, 11) is -2.01. The number of halogens is 1. The second kappa shape index (κ2) is 8.83. The number of esters is 1. The first kappa shape index (κ1) is 21.8. The molecule has 0 aliphatic carbocycles. The van der Waals surface area contributed by atoms with Gasteiger partial charge in [0.05, 0.1) is 18.6 Å². The lowest BCUT2D eigenvalue weighted by Gasteiger charge is -2.19. The van der Waals surface area contributed by atoms with Gasteiger partial charge < -0.3 is 14.3 Å². The zero-order valence-electron chi connectivity index (χ0n) is 16.3. The number of furan rings is 1. The highest BCUT2D eigenvalue weighted by atomic mass is 32.2. The molecule has 1 aliphatic rings. The van der Waals surface area contributed by atoms with E-state index in [2.05, 4.69) is 4.74 Å². The quantitative estimate of drug-likeness (QED) is 0.321. The number of carbonyl (C=O) groups is 2. The van der Waals surface area contributed by atoms with E-state index in [1.807, 2.05) is 0 Å². The van der Waals surface area contributed by atoms with E-state index >= 15 is 0 Å². The fourth-order valence-electron chi connectivity index (χ4n) is 3.35. The van der Waals surface area contributed by atoms with Crippen LogP contribution in [0.3, 0.4) is 0 Å². The molecule has 30 heavy (non-hydrogen) atoms. The van der Waals surface area contributed by atoms with Gasteiger partial charge in [-0.25, -0.2) is 17.6 Å². The predicted octanol–water partition coefficient (Wildman–Crippen LogP) is 2.94. The number of ether oxygens (including phenoxy) is 1. The molecule has 3 rings (SSSR count). The van der Waals surface area contributed by atoms with E-state index in [0.717, 1.165) is 12.7 Å². The summed E-state index contributed by atoms with van der Waals surface area (Å²) >= 11 is 0. The van der Waals surface area contributed by atoms with Gasteiger partial charge >= 0.3 is 5.97 Å². The monoisotopic (exact) mass is 436 g/mol. The molecule has 160 valence electrons. The van der Waals surface area contributed by atoms with Crippen LogP contribution in [-0.2, 0) is 30.6 Å². The molecule has 7 nitrogen and oxygen atoms in total. The van der Waals surface area contributed by atoms with Gasteiger partial charge in [0.15, 0.2) is 11.5 Å². The van der Waals surface area contributed by atoms with Gasteiger partial charge in [-0.2, -0.15) is 0 Å². The molecule has 9 heteroatoms. The summed E-state index contributed by atoms with van der Waals surface area (Å²) in [5.41, 5.74) is 1.26. The Morgan fingerprint density at radius 1 is 1.23 bits per heavy atom. The standard InChI is InChI=1S/C21H21FO7S/c1-28-21(25)18(24)12-17(23)20-15(10-13-2-4-16(22)5-3-13)11-19(29-20)14-6-8-30(26,27)9-7-14/h2-5,11-12,14,23H,6-10H2,1H3/b17-12-. The summed E-state index contributed by atoms with van der Waals surface area (Å²) in [5.74, 6) is -2.69. The average Bonchev–Trinajstić information content (AvgIpc) is 3.12. The summed E-state index contributed by atoms with van der Waals surface area (Å²) in [5, 5.41) is 10.4. The van der Waals surface area contributed by atoms with E-state index in [1.165, 1.54) is 12.1 Å². The summed E-state index contributed by atoms with van der Waals surface area (Å²) in [6.07, 6.45) is 1.76. The molecule has 1 fully saturated rings. The molecule has 0 amide bonds. The summed E-state index contributed by atoms with van der Waals surface area (Å²) in [6, 6.07) is 7.48. The Bertz CT molecular complexity index is 1070. The zero-order valence-corrected chi connectivity index (χ0v) is 17.1. The van der Waals surface area contributed by atoms with Gasteiger partial charge in [-0.15, -0.1) is 0 Å². The lowest BCUT2D eigenvalue weighted by atomic mass is 9.98. The lowest BCUT2D eigenvalue weighted by molar-refractivity contribution is -0.149. The number of benzene rings is 1. The van der Waals surface area contributed by atoms with Crippen LogP contribution in [0.1, 0.15) is 41.4 Å². The topological polar surface area (TPSA) is 111 Å². The molecule has 0 spiro atoms. The highest BCUT2D eigenvalue weighted by molar-refractivity contribution is 7.91. The van der Waals surface area contributed by atoms with E-state index in [1.54, 1.807) is 18.2 Å². The first-order chi connectivity index (χ1) is 14.2. The van der Waals surface area contributed by atoms with Crippen LogP contribution >= 0.6 is 0 Å². The molecule has 0 atom stereocenters. The first-order valence-electron chi connectivity index (χ1n) is 9.29. The summed E-state index contributed by atoms with van der Waals surface area (Å²) < 4.78 is 46.7. The maximum atomic E-state index is 13.2. The number of aliphatic hydroxyl groups excluding tert-OH is 1. The molecule has 2 heterocycles. The number of hydrogen-bond donors (Lipinski definition) is 1. The second-order valence-electron chi connectivity index (χ2n) is 7.12. The molecule has 1 aromatic heterocycles. The Morgan fingerprint density at radius 3 is 2.47 bits per heavy atom. The maximum absolute atomic E-state index is 13.2. The van der Waals surface area contributed by atoms with Crippen molar-refractivity contribution < 1.29 is 36.7 Å². The molecule has 1 aliphatic heterocycles. The van der Waals surface area contributed by atoms with Crippen molar-refractivity contribution in [2.24, 2.45) is 0 Å². The van der Waals surface area contributed by atoms with Crippen molar-refractivity contribution in [2.75, 3.05) is 18.6 Å². The fourth-order valence-corrected chi connectivity index (χ4v) is 4.84. The van der Waals surface area contributed by atoms with Crippen molar-refractivity contribution in [1.29, 1.82) is 0 Å². The Balaban J connectivity index is 1.94. The number of ketones is 1. The van der Waals surface area contributed by atoms with Gasteiger partial charge in [0.1, 0.15) is 21.4 Å². The van der Waals surface area contributed by atoms with E-state index in [0.29, 0.717) is 30.2 Å². The van der Waals surface area contributed by atoms with Crippen LogP contribution in [0, 0.1) is 5.82 Å². The van der Waals surface area contributed by atoms with Gasteiger partial charge in [0.25, 0.3) is 5.78 Å². The Labute approximate surface area is 173 Å². The summed E-state index contributed by atoms with van der Waals surface area (Å²) in [6.45, 7) is 0.